The Morgan fingerprint density at radius 2 is 1.89 bits per heavy atom. The van der Waals surface area contributed by atoms with Crippen LogP contribution in [0.2, 0.25) is 0 Å². The summed E-state index contributed by atoms with van der Waals surface area (Å²) in [4.78, 5) is 40.8. The van der Waals surface area contributed by atoms with Crippen LogP contribution in [-0.4, -0.2) is 81.4 Å². The maximum atomic E-state index is 15.6. The molecule has 2 aliphatic heterocycles. The molecule has 1 saturated heterocycles. The van der Waals surface area contributed by atoms with Crippen molar-refractivity contribution in [2.24, 2.45) is 5.73 Å². The molecule has 0 unspecified atom stereocenters. The van der Waals surface area contributed by atoms with Crippen LogP contribution >= 0.6 is 0 Å². The molecule has 0 bridgehead atoms. The van der Waals surface area contributed by atoms with E-state index in [2.05, 4.69) is 10.6 Å². The number of amidine groups is 1. The van der Waals surface area contributed by atoms with E-state index in [1.165, 1.54) is 25.3 Å². The Bertz CT molecular complexity index is 1690. The number of rotatable bonds is 10. The zero-order valence-corrected chi connectivity index (χ0v) is 25.8. The molecule has 2 aromatic carbocycles. The van der Waals surface area contributed by atoms with E-state index >= 15 is 4.39 Å². The second kappa shape index (κ2) is 12.7. The van der Waals surface area contributed by atoms with Gasteiger partial charge in [-0.1, -0.05) is 42.0 Å². The first-order valence-electron chi connectivity index (χ1n) is 14.0. The van der Waals surface area contributed by atoms with E-state index in [-0.39, 0.29) is 34.2 Å². The highest BCUT2D eigenvalue weighted by molar-refractivity contribution is 7.92. The van der Waals surface area contributed by atoms with Crippen LogP contribution < -0.4 is 16.4 Å². The fraction of sp³-hybridized carbons (Fsp3) is 0.355. The SMILES string of the molecule is C/C=C(\C=C(/C)[C@@H](C)NC(=O)[C@@H]1C[C@](F)(COC)CN1C(=O)CNC(=O)c1ccc2c(c1)S(=O)(=O)c1ccccc1-2)C(=N)N. The second-order valence-corrected chi connectivity index (χ2v) is 12.9. The molecular formula is C31H36FN5O6S. The largest absolute Gasteiger partial charge is 0.384 e. The summed E-state index contributed by atoms with van der Waals surface area (Å²) in [5, 5.41) is 12.9. The van der Waals surface area contributed by atoms with Crippen molar-refractivity contribution in [3.8, 4) is 11.1 Å². The van der Waals surface area contributed by atoms with Gasteiger partial charge >= 0.3 is 0 Å². The van der Waals surface area contributed by atoms with E-state index in [1.54, 1.807) is 57.2 Å². The van der Waals surface area contributed by atoms with Gasteiger partial charge in [0, 0.05) is 41.8 Å². The molecule has 13 heteroatoms. The number of methoxy groups -OCH3 is 1. The van der Waals surface area contributed by atoms with Gasteiger partial charge in [-0.3, -0.25) is 19.8 Å². The van der Waals surface area contributed by atoms with Gasteiger partial charge in [-0.25, -0.2) is 12.8 Å². The summed E-state index contributed by atoms with van der Waals surface area (Å²) in [7, 11) is -2.49. The Hall–Kier alpha value is -4.36. The molecular weight excluding hydrogens is 589 g/mol. The van der Waals surface area contributed by atoms with E-state index in [4.69, 9.17) is 15.9 Å². The number of hydrogen-bond acceptors (Lipinski definition) is 7. The molecule has 0 radical (unpaired) electrons. The van der Waals surface area contributed by atoms with Crippen LogP contribution in [0, 0.1) is 5.41 Å². The van der Waals surface area contributed by atoms with Crippen LogP contribution in [-0.2, 0) is 24.2 Å². The van der Waals surface area contributed by atoms with Crippen LogP contribution in [0.1, 0.15) is 37.6 Å². The summed E-state index contributed by atoms with van der Waals surface area (Å²) in [5.41, 5.74) is 5.82. The van der Waals surface area contributed by atoms with Gasteiger partial charge in [0.15, 0.2) is 5.67 Å². The summed E-state index contributed by atoms with van der Waals surface area (Å²) in [5.74, 6) is -2.11. The van der Waals surface area contributed by atoms with E-state index in [0.717, 1.165) is 4.90 Å². The summed E-state index contributed by atoms with van der Waals surface area (Å²) < 4.78 is 46.7. The standard InChI is InChI=1S/C31H36FN5O6S/c1-5-20(28(33)34)12-18(2)19(3)36-30(40)24-14-31(32,17-43-4)16-37(24)27(38)15-35-29(39)21-10-11-23-22-8-6-7-9-25(22)44(41,42)26(23)13-21/h5-13,19,24H,14-17H2,1-4H3,(H3,33,34)(H,35,39)(H,36,40)/b18-12+,20-5+/t19-,24+,31-/m1/s1. The van der Waals surface area contributed by atoms with Gasteiger partial charge in [0.2, 0.25) is 21.7 Å². The summed E-state index contributed by atoms with van der Waals surface area (Å²) in [6.45, 7) is 3.89. The molecule has 44 heavy (non-hydrogen) atoms. The van der Waals surface area contributed by atoms with Crippen molar-refractivity contribution in [3.63, 3.8) is 0 Å². The van der Waals surface area contributed by atoms with Crippen LogP contribution in [0.4, 0.5) is 4.39 Å². The minimum atomic E-state index is -3.81. The number of nitrogens with one attached hydrogen (secondary N) is 3. The predicted octanol–water partition coefficient (Wildman–Crippen LogP) is 2.52. The molecule has 5 N–H and O–H groups in total. The Morgan fingerprint density at radius 3 is 2.55 bits per heavy atom. The molecule has 0 saturated carbocycles. The van der Waals surface area contributed by atoms with Gasteiger partial charge < -0.3 is 26.0 Å². The number of nitrogens with two attached hydrogens (primary N) is 1. The summed E-state index contributed by atoms with van der Waals surface area (Å²) in [6.07, 6.45) is 3.02. The van der Waals surface area contributed by atoms with Crippen molar-refractivity contribution >= 4 is 33.4 Å². The van der Waals surface area contributed by atoms with E-state index in [9.17, 15) is 22.8 Å². The summed E-state index contributed by atoms with van der Waals surface area (Å²) >= 11 is 0. The van der Waals surface area contributed by atoms with Crippen molar-refractivity contribution in [2.45, 2.75) is 54.7 Å². The first-order valence-corrected chi connectivity index (χ1v) is 15.4. The minimum Gasteiger partial charge on any atom is -0.384 e. The molecule has 2 aromatic rings. The number of amides is 3. The number of nitrogens with zero attached hydrogens (tertiary/aromatic N) is 1. The number of carbonyl (C=O) groups is 3. The quantitative estimate of drug-likeness (QED) is 0.152. The number of halogens is 1. The lowest BCUT2D eigenvalue weighted by molar-refractivity contribution is -0.138. The lowest BCUT2D eigenvalue weighted by Gasteiger charge is -2.26. The Labute approximate surface area is 255 Å². The number of fused-ring (bicyclic) bond motifs is 3. The molecule has 2 heterocycles. The normalized spacial score (nSPS) is 21.3. The van der Waals surface area contributed by atoms with Gasteiger partial charge in [-0.2, -0.15) is 0 Å². The van der Waals surface area contributed by atoms with Crippen LogP contribution in [0.15, 0.2) is 75.6 Å². The number of allylic oxidation sites excluding steroid dienone is 1. The zero-order chi connectivity index (χ0) is 32.4. The molecule has 234 valence electrons. The third kappa shape index (κ3) is 6.43. The fourth-order valence-electron chi connectivity index (χ4n) is 5.42. The monoisotopic (exact) mass is 625 g/mol. The smallest absolute Gasteiger partial charge is 0.251 e. The highest BCUT2D eigenvalue weighted by Crippen LogP contribution is 2.43. The maximum absolute atomic E-state index is 15.6. The number of alkyl halides is 1. The average molecular weight is 626 g/mol. The lowest BCUT2D eigenvalue weighted by Crippen LogP contribution is -2.50. The topological polar surface area (TPSA) is 172 Å². The average Bonchev–Trinajstić information content (AvgIpc) is 3.45. The van der Waals surface area contributed by atoms with Crippen LogP contribution in [0.25, 0.3) is 11.1 Å². The van der Waals surface area contributed by atoms with Crippen molar-refractivity contribution in [2.75, 3.05) is 26.8 Å². The number of ether oxygens (including phenoxy) is 1. The molecule has 0 spiro atoms. The zero-order valence-electron chi connectivity index (χ0n) is 24.9. The fourth-order valence-corrected chi connectivity index (χ4v) is 7.13. The Balaban J connectivity index is 1.47. The van der Waals surface area contributed by atoms with Crippen molar-refractivity contribution in [1.82, 2.24) is 15.5 Å². The first kappa shape index (κ1) is 32.6. The number of likely N-dealkylation sites (tertiary alicyclic amines) is 1. The maximum Gasteiger partial charge on any atom is 0.251 e. The van der Waals surface area contributed by atoms with E-state index < -0.39 is 58.4 Å². The van der Waals surface area contributed by atoms with Crippen molar-refractivity contribution in [3.05, 3.63) is 71.3 Å². The highest BCUT2D eigenvalue weighted by Gasteiger charge is 2.49. The van der Waals surface area contributed by atoms with Gasteiger partial charge in [0.05, 0.1) is 29.5 Å². The van der Waals surface area contributed by atoms with Gasteiger partial charge in [-0.05, 0) is 39.0 Å². The Kier molecular flexibility index (Phi) is 9.40. The molecule has 4 rings (SSSR count). The number of benzene rings is 2. The molecule has 0 aromatic heterocycles. The highest BCUT2D eigenvalue weighted by atomic mass is 32.2. The van der Waals surface area contributed by atoms with Gasteiger partial charge in [0.25, 0.3) is 5.91 Å². The first-order chi connectivity index (χ1) is 20.7. The molecule has 2 aliphatic rings. The molecule has 3 atom stereocenters. The minimum absolute atomic E-state index is 0.000883. The van der Waals surface area contributed by atoms with Crippen molar-refractivity contribution < 1.29 is 31.9 Å². The van der Waals surface area contributed by atoms with Gasteiger partial charge in [0.1, 0.15) is 11.9 Å². The molecule has 0 aliphatic carbocycles. The third-order valence-electron chi connectivity index (χ3n) is 7.86. The Morgan fingerprint density at radius 1 is 1.20 bits per heavy atom. The number of carbonyl (C=O) groups excluding carboxylic acids is 3. The molecule has 11 nitrogen and oxygen atoms in total. The van der Waals surface area contributed by atoms with E-state index in [1.807, 2.05) is 0 Å². The van der Waals surface area contributed by atoms with Crippen LogP contribution in [0.5, 0.6) is 0 Å². The van der Waals surface area contributed by atoms with Crippen LogP contribution in [0.3, 0.4) is 0 Å². The lowest BCUT2D eigenvalue weighted by atomic mass is 10.0. The summed E-state index contributed by atoms with van der Waals surface area (Å²) in [6, 6.07) is 9.14. The van der Waals surface area contributed by atoms with Crippen molar-refractivity contribution in [1.29, 1.82) is 5.41 Å². The molecule has 1 fully saturated rings. The van der Waals surface area contributed by atoms with Gasteiger partial charge in [-0.15, -0.1) is 0 Å². The number of hydrogen-bond donors (Lipinski definition) is 4. The second-order valence-electron chi connectivity index (χ2n) is 11.0. The number of sulfone groups is 1. The molecule has 3 amide bonds. The van der Waals surface area contributed by atoms with E-state index in [0.29, 0.717) is 22.3 Å². The third-order valence-corrected chi connectivity index (χ3v) is 9.71. The predicted molar refractivity (Wildman–Crippen MR) is 163 cm³/mol.